The summed E-state index contributed by atoms with van der Waals surface area (Å²) in [6, 6.07) is 0. The SMILES string of the molecule is CC[PH+](CC)CC.CC[PH+](CC)CC.CC[PH+](CC)CC.CC[PH+](CC)CC.[Pd]. The third-order valence-electron chi connectivity index (χ3n) is 6.00. The molecular formula is C24H64P4Pd+4. The summed E-state index contributed by atoms with van der Waals surface area (Å²) in [6.45, 7) is 27.7. The number of rotatable bonds is 12. The zero-order valence-electron chi connectivity index (χ0n) is 22.8. The second-order valence-electron chi connectivity index (χ2n) is 7.24. The average Bonchev–Trinajstić information content (AvgIpc) is 2.75. The van der Waals surface area contributed by atoms with Crippen LogP contribution >= 0.6 is 31.7 Å². The van der Waals surface area contributed by atoms with E-state index in [2.05, 4.69) is 83.1 Å². The van der Waals surface area contributed by atoms with E-state index >= 15 is 0 Å². The van der Waals surface area contributed by atoms with Gasteiger partial charge in [0.15, 0.2) is 0 Å². The molecule has 5 heteroatoms. The molecular weight excluding hydrogens is 519 g/mol. The van der Waals surface area contributed by atoms with Gasteiger partial charge in [-0.1, -0.05) is 0 Å². The standard InChI is InChI=1S/4C6H15P.Pd/c4*1-4-7(5-2)6-3;/h4*4-6H2,1-3H3;/p+4. The number of hydrogen-bond acceptors (Lipinski definition) is 0. The van der Waals surface area contributed by atoms with Gasteiger partial charge in [0.05, 0.1) is 73.9 Å². The predicted molar refractivity (Wildman–Crippen MR) is 160 cm³/mol. The van der Waals surface area contributed by atoms with Gasteiger partial charge < -0.3 is 0 Å². The van der Waals surface area contributed by atoms with Crippen LogP contribution in [-0.4, -0.2) is 73.9 Å². The Labute approximate surface area is 208 Å². The summed E-state index contributed by atoms with van der Waals surface area (Å²) >= 11 is 0. The Balaban J connectivity index is -0.0000000873. The van der Waals surface area contributed by atoms with Crippen LogP contribution in [0, 0.1) is 0 Å². The van der Waals surface area contributed by atoms with Gasteiger partial charge in [0.2, 0.25) is 0 Å². The van der Waals surface area contributed by atoms with Gasteiger partial charge >= 0.3 is 0 Å². The molecule has 0 saturated carbocycles. The maximum absolute atomic E-state index is 2.31. The first-order valence-corrected chi connectivity index (χ1v) is 21.2. The molecule has 0 bridgehead atoms. The van der Waals surface area contributed by atoms with Crippen molar-refractivity contribution in [3.05, 3.63) is 0 Å². The van der Waals surface area contributed by atoms with Crippen LogP contribution in [0.2, 0.25) is 0 Å². The van der Waals surface area contributed by atoms with Crippen molar-refractivity contribution in [2.24, 2.45) is 0 Å². The van der Waals surface area contributed by atoms with E-state index in [1.807, 2.05) is 0 Å². The average molecular weight is 583 g/mol. The van der Waals surface area contributed by atoms with Crippen molar-refractivity contribution in [3.8, 4) is 0 Å². The quantitative estimate of drug-likeness (QED) is 0.159. The van der Waals surface area contributed by atoms with Gasteiger partial charge in [-0.25, -0.2) is 0 Å². The van der Waals surface area contributed by atoms with E-state index in [4.69, 9.17) is 0 Å². The normalized spacial score (nSPS) is 9.93. The molecule has 0 fully saturated rings. The third-order valence-corrected chi connectivity index (χ3v) is 18.0. The molecule has 186 valence electrons. The van der Waals surface area contributed by atoms with E-state index in [1.165, 1.54) is 73.9 Å². The van der Waals surface area contributed by atoms with Crippen LogP contribution in [0.5, 0.6) is 0 Å². The van der Waals surface area contributed by atoms with Gasteiger partial charge in [-0.3, -0.25) is 0 Å². The molecule has 0 atom stereocenters. The minimum atomic E-state index is 0. The van der Waals surface area contributed by atoms with E-state index in [1.54, 1.807) is 0 Å². The van der Waals surface area contributed by atoms with E-state index in [-0.39, 0.29) is 52.1 Å². The Morgan fingerprint density at radius 1 is 0.241 bits per heavy atom. The zero-order valence-corrected chi connectivity index (χ0v) is 28.4. The summed E-state index contributed by atoms with van der Waals surface area (Å²) in [4.78, 5) is 0. The van der Waals surface area contributed by atoms with Crippen LogP contribution in [0.1, 0.15) is 83.1 Å². The molecule has 0 N–H and O–H groups in total. The largest absolute Gasteiger partial charge is 0.0543 e. The fraction of sp³-hybridized carbons (Fsp3) is 1.00. The Morgan fingerprint density at radius 3 is 0.310 bits per heavy atom. The summed E-state index contributed by atoms with van der Waals surface area (Å²) in [5.74, 6) is 0. The minimum absolute atomic E-state index is 0. The van der Waals surface area contributed by atoms with Crippen LogP contribution in [-0.2, 0) is 20.4 Å². The Kier molecular flexibility index (Phi) is 54.1. The van der Waals surface area contributed by atoms with Crippen molar-refractivity contribution >= 4 is 31.7 Å². The fourth-order valence-corrected chi connectivity index (χ4v) is 9.00. The summed E-state index contributed by atoms with van der Waals surface area (Å²) in [7, 11) is 0.549. The predicted octanol–water partition coefficient (Wildman–Crippen LogP) is 9.04. The summed E-state index contributed by atoms with van der Waals surface area (Å²) in [6.07, 6.45) is 17.5. The Morgan fingerprint density at radius 2 is 0.310 bits per heavy atom. The molecule has 0 aromatic rings. The molecule has 0 amide bonds. The monoisotopic (exact) mass is 582 g/mol. The zero-order chi connectivity index (χ0) is 22.8. The molecule has 29 heavy (non-hydrogen) atoms. The molecule has 0 heterocycles. The molecule has 0 nitrogen and oxygen atoms in total. The van der Waals surface area contributed by atoms with Crippen LogP contribution < -0.4 is 0 Å². The molecule has 0 aliphatic rings. The van der Waals surface area contributed by atoms with Crippen molar-refractivity contribution < 1.29 is 20.4 Å². The van der Waals surface area contributed by atoms with E-state index in [0.29, 0.717) is 0 Å². The maximum Gasteiger partial charge on any atom is 0.0543 e. The smallest absolute Gasteiger partial charge is 0.0313 e. The number of hydrogen-bond donors (Lipinski definition) is 0. The molecule has 0 unspecified atom stereocenters. The molecule has 0 aromatic heterocycles. The Hall–Kier alpha value is 2.38. The first-order valence-electron chi connectivity index (χ1n) is 12.7. The van der Waals surface area contributed by atoms with Gasteiger partial charge in [0, 0.05) is 20.4 Å². The molecule has 0 rings (SSSR count). The minimum Gasteiger partial charge on any atom is -0.0313 e. The molecule has 0 spiro atoms. The molecule has 0 aromatic carbocycles. The van der Waals surface area contributed by atoms with Gasteiger partial charge in [-0.15, -0.1) is 0 Å². The van der Waals surface area contributed by atoms with E-state index in [9.17, 15) is 0 Å². The van der Waals surface area contributed by atoms with Gasteiger partial charge in [0.1, 0.15) is 0 Å². The molecule has 0 aliphatic heterocycles. The first kappa shape index (κ1) is 41.6. The second-order valence-corrected chi connectivity index (χ2v) is 21.7. The van der Waals surface area contributed by atoms with E-state index in [0.717, 1.165) is 0 Å². The second kappa shape index (κ2) is 37.7. The van der Waals surface area contributed by atoms with Crippen molar-refractivity contribution in [1.29, 1.82) is 0 Å². The van der Waals surface area contributed by atoms with E-state index < -0.39 is 0 Å². The van der Waals surface area contributed by atoms with Crippen molar-refractivity contribution in [2.75, 3.05) is 73.9 Å². The fourth-order valence-electron chi connectivity index (χ4n) is 3.00. The summed E-state index contributed by atoms with van der Waals surface area (Å²) in [5, 5.41) is 0. The molecule has 0 aliphatic carbocycles. The topological polar surface area (TPSA) is 0 Å². The van der Waals surface area contributed by atoms with Crippen molar-refractivity contribution in [1.82, 2.24) is 0 Å². The van der Waals surface area contributed by atoms with Gasteiger partial charge in [0.25, 0.3) is 0 Å². The Bertz CT molecular complexity index is 157. The third kappa shape index (κ3) is 35.2. The van der Waals surface area contributed by atoms with Crippen molar-refractivity contribution in [3.63, 3.8) is 0 Å². The summed E-state index contributed by atoms with van der Waals surface area (Å²) in [5.41, 5.74) is 0. The first-order chi connectivity index (χ1) is 13.4. The van der Waals surface area contributed by atoms with Gasteiger partial charge in [-0.05, 0) is 115 Å². The molecule has 0 saturated heterocycles. The van der Waals surface area contributed by atoms with Crippen LogP contribution in [0.4, 0.5) is 0 Å². The van der Waals surface area contributed by atoms with Crippen molar-refractivity contribution in [2.45, 2.75) is 83.1 Å². The maximum atomic E-state index is 2.31. The molecule has 0 radical (unpaired) electrons. The van der Waals surface area contributed by atoms with Gasteiger partial charge in [-0.2, -0.15) is 0 Å². The van der Waals surface area contributed by atoms with Crippen LogP contribution in [0.25, 0.3) is 0 Å². The summed E-state index contributed by atoms with van der Waals surface area (Å²) < 4.78 is 0. The van der Waals surface area contributed by atoms with Crippen LogP contribution in [0.3, 0.4) is 0 Å². The van der Waals surface area contributed by atoms with Crippen LogP contribution in [0.15, 0.2) is 0 Å².